The SMILES string of the molecule is CN(CCc1ccc(Br)s1)C(=O)C(=O)O. The van der Waals surface area contributed by atoms with Gasteiger partial charge in [0.1, 0.15) is 0 Å². The molecule has 0 radical (unpaired) electrons. The number of rotatable bonds is 3. The molecule has 0 aromatic carbocycles. The summed E-state index contributed by atoms with van der Waals surface area (Å²) in [5.41, 5.74) is 0. The zero-order valence-electron chi connectivity index (χ0n) is 8.07. The van der Waals surface area contributed by atoms with Crippen molar-refractivity contribution >= 4 is 39.1 Å². The Morgan fingerprint density at radius 2 is 2.20 bits per heavy atom. The van der Waals surface area contributed by atoms with E-state index < -0.39 is 11.9 Å². The maximum atomic E-state index is 11.0. The van der Waals surface area contributed by atoms with Crippen molar-refractivity contribution in [1.82, 2.24) is 4.90 Å². The summed E-state index contributed by atoms with van der Waals surface area (Å²) in [6, 6.07) is 3.88. The molecular formula is C9H10BrNO3S. The van der Waals surface area contributed by atoms with E-state index in [4.69, 9.17) is 5.11 Å². The molecule has 0 saturated carbocycles. The average Bonchev–Trinajstić information content (AvgIpc) is 2.59. The molecule has 0 aliphatic carbocycles. The van der Waals surface area contributed by atoms with E-state index in [0.29, 0.717) is 13.0 Å². The average molecular weight is 292 g/mol. The first-order valence-corrected chi connectivity index (χ1v) is 5.84. The van der Waals surface area contributed by atoms with Crippen LogP contribution < -0.4 is 0 Å². The fourth-order valence-electron chi connectivity index (χ4n) is 1.03. The quantitative estimate of drug-likeness (QED) is 0.861. The second-order valence-electron chi connectivity index (χ2n) is 2.99. The molecule has 1 N–H and O–H groups in total. The van der Waals surface area contributed by atoms with E-state index in [-0.39, 0.29) is 0 Å². The van der Waals surface area contributed by atoms with Crippen molar-refractivity contribution in [2.24, 2.45) is 0 Å². The summed E-state index contributed by atoms with van der Waals surface area (Å²) in [5.74, 6) is -2.28. The van der Waals surface area contributed by atoms with Crippen LogP contribution in [0.1, 0.15) is 4.88 Å². The molecule has 15 heavy (non-hydrogen) atoms. The standard InChI is InChI=1S/C9H10BrNO3S/c1-11(8(12)9(13)14)5-4-6-2-3-7(10)15-6/h2-3H,4-5H2,1H3,(H,13,14). The Hall–Kier alpha value is -0.880. The van der Waals surface area contributed by atoms with Gasteiger partial charge in [-0.05, 0) is 34.5 Å². The maximum Gasteiger partial charge on any atom is 0.394 e. The molecule has 4 nitrogen and oxygen atoms in total. The second-order valence-corrected chi connectivity index (χ2v) is 5.54. The lowest BCUT2D eigenvalue weighted by atomic mass is 10.3. The summed E-state index contributed by atoms with van der Waals surface area (Å²) < 4.78 is 1.03. The third-order valence-electron chi connectivity index (χ3n) is 1.85. The van der Waals surface area contributed by atoms with Crippen LogP contribution in [0.3, 0.4) is 0 Å². The van der Waals surface area contributed by atoms with Crippen LogP contribution in [0, 0.1) is 0 Å². The van der Waals surface area contributed by atoms with E-state index in [1.807, 2.05) is 12.1 Å². The van der Waals surface area contributed by atoms with E-state index in [2.05, 4.69) is 15.9 Å². The summed E-state index contributed by atoms with van der Waals surface area (Å²) in [7, 11) is 1.49. The predicted octanol–water partition coefficient (Wildman–Crippen LogP) is 1.60. The summed E-state index contributed by atoms with van der Waals surface area (Å²) in [4.78, 5) is 23.7. The van der Waals surface area contributed by atoms with Crippen LogP contribution >= 0.6 is 27.3 Å². The first-order valence-electron chi connectivity index (χ1n) is 4.23. The lowest BCUT2D eigenvalue weighted by molar-refractivity contribution is -0.155. The molecular weight excluding hydrogens is 282 g/mol. The van der Waals surface area contributed by atoms with Gasteiger partial charge in [0, 0.05) is 18.5 Å². The first-order chi connectivity index (χ1) is 7.00. The highest BCUT2D eigenvalue weighted by atomic mass is 79.9. The van der Waals surface area contributed by atoms with Gasteiger partial charge in [-0.3, -0.25) is 4.79 Å². The van der Waals surface area contributed by atoms with Gasteiger partial charge in [-0.15, -0.1) is 11.3 Å². The third-order valence-corrected chi connectivity index (χ3v) is 3.54. The molecule has 0 atom stereocenters. The molecule has 1 aromatic heterocycles. The lowest BCUT2D eigenvalue weighted by Crippen LogP contribution is -2.34. The monoisotopic (exact) mass is 291 g/mol. The van der Waals surface area contributed by atoms with Gasteiger partial charge < -0.3 is 10.0 Å². The van der Waals surface area contributed by atoms with Gasteiger partial charge in [-0.1, -0.05) is 0 Å². The van der Waals surface area contributed by atoms with Crippen LogP contribution in [0.15, 0.2) is 15.9 Å². The molecule has 0 bridgehead atoms. The van der Waals surface area contributed by atoms with Crippen molar-refractivity contribution < 1.29 is 14.7 Å². The van der Waals surface area contributed by atoms with Crippen molar-refractivity contribution in [1.29, 1.82) is 0 Å². The number of carbonyl (C=O) groups excluding carboxylic acids is 1. The molecule has 0 aliphatic rings. The molecule has 0 saturated heterocycles. The Morgan fingerprint density at radius 1 is 1.53 bits per heavy atom. The van der Waals surface area contributed by atoms with Crippen molar-refractivity contribution in [2.45, 2.75) is 6.42 Å². The Morgan fingerprint density at radius 3 is 2.67 bits per heavy atom. The Kier molecular flexibility index (Phi) is 4.28. The highest BCUT2D eigenvalue weighted by molar-refractivity contribution is 9.11. The molecule has 6 heteroatoms. The van der Waals surface area contributed by atoms with Gasteiger partial charge in [-0.2, -0.15) is 0 Å². The van der Waals surface area contributed by atoms with E-state index >= 15 is 0 Å². The number of carbonyl (C=O) groups is 2. The normalized spacial score (nSPS) is 10.0. The van der Waals surface area contributed by atoms with Gasteiger partial charge >= 0.3 is 11.9 Å². The van der Waals surface area contributed by atoms with Crippen LogP contribution in [0.2, 0.25) is 0 Å². The molecule has 1 amide bonds. The minimum atomic E-state index is -1.41. The number of halogens is 1. The fourth-order valence-corrected chi connectivity index (χ4v) is 2.50. The summed E-state index contributed by atoms with van der Waals surface area (Å²) in [5, 5.41) is 8.46. The molecule has 0 fully saturated rings. The van der Waals surface area contributed by atoms with E-state index in [9.17, 15) is 9.59 Å². The number of nitrogens with zero attached hydrogens (tertiary/aromatic N) is 1. The van der Waals surface area contributed by atoms with Crippen molar-refractivity contribution in [3.05, 3.63) is 20.8 Å². The van der Waals surface area contributed by atoms with E-state index in [1.165, 1.54) is 11.9 Å². The highest BCUT2D eigenvalue weighted by Gasteiger charge is 2.16. The number of carboxylic acids is 1. The number of thiophene rings is 1. The van der Waals surface area contributed by atoms with Crippen LogP contribution in [-0.4, -0.2) is 35.5 Å². The van der Waals surface area contributed by atoms with Gasteiger partial charge in [0.05, 0.1) is 3.79 Å². The Bertz CT molecular complexity index is 377. The van der Waals surface area contributed by atoms with Crippen molar-refractivity contribution in [2.75, 3.05) is 13.6 Å². The van der Waals surface area contributed by atoms with E-state index in [0.717, 1.165) is 8.66 Å². The van der Waals surface area contributed by atoms with Crippen LogP contribution in [0.4, 0.5) is 0 Å². The second kappa shape index (κ2) is 5.27. The number of amides is 1. The topological polar surface area (TPSA) is 57.6 Å². The number of hydrogen-bond donors (Lipinski definition) is 1. The van der Waals surface area contributed by atoms with Gasteiger partial charge in [-0.25, -0.2) is 4.79 Å². The molecule has 0 spiro atoms. The highest BCUT2D eigenvalue weighted by Crippen LogP contribution is 2.22. The fraction of sp³-hybridized carbons (Fsp3) is 0.333. The third kappa shape index (κ3) is 3.64. The summed E-state index contributed by atoms with van der Waals surface area (Å²) in [6.45, 7) is 0.415. The van der Waals surface area contributed by atoms with Crippen LogP contribution in [0.25, 0.3) is 0 Å². The van der Waals surface area contributed by atoms with Crippen LogP contribution in [-0.2, 0) is 16.0 Å². The smallest absolute Gasteiger partial charge is 0.394 e. The summed E-state index contributed by atoms with van der Waals surface area (Å²) in [6.07, 6.45) is 0.672. The first kappa shape index (κ1) is 12.2. The minimum absolute atomic E-state index is 0.415. The number of carboxylic acid groups (broad SMARTS) is 1. The van der Waals surface area contributed by atoms with Crippen molar-refractivity contribution in [3.63, 3.8) is 0 Å². The maximum absolute atomic E-state index is 11.0. The molecule has 1 rings (SSSR count). The van der Waals surface area contributed by atoms with Gasteiger partial charge in [0.2, 0.25) is 0 Å². The molecule has 82 valence electrons. The van der Waals surface area contributed by atoms with Crippen LogP contribution in [0.5, 0.6) is 0 Å². The zero-order chi connectivity index (χ0) is 11.4. The number of likely N-dealkylation sites (N-methyl/N-ethyl adjacent to an activating group) is 1. The summed E-state index contributed by atoms with van der Waals surface area (Å²) >= 11 is 4.92. The van der Waals surface area contributed by atoms with E-state index in [1.54, 1.807) is 11.3 Å². The Balaban J connectivity index is 2.44. The minimum Gasteiger partial charge on any atom is -0.474 e. The predicted molar refractivity (Wildman–Crippen MR) is 61.0 cm³/mol. The largest absolute Gasteiger partial charge is 0.474 e. The molecule has 0 unspecified atom stereocenters. The lowest BCUT2D eigenvalue weighted by Gasteiger charge is -2.13. The van der Waals surface area contributed by atoms with Gasteiger partial charge in [0.15, 0.2) is 0 Å². The van der Waals surface area contributed by atoms with Gasteiger partial charge in [0.25, 0.3) is 0 Å². The van der Waals surface area contributed by atoms with Crippen molar-refractivity contribution in [3.8, 4) is 0 Å². The zero-order valence-corrected chi connectivity index (χ0v) is 10.5. The molecule has 1 heterocycles. The Labute approximate surface area is 99.6 Å². The molecule has 0 aliphatic heterocycles. The molecule has 1 aromatic rings. The number of hydrogen-bond acceptors (Lipinski definition) is 3. The number of aliphatic carboxylic acids is 1.